The molecule has 1 amide bonds. The molecule has 0 radical (unpaired) electrons. The Morgan fingerprint density at radius 3 is 2.90 bits per heavy atom. The predicted octanol–water partition coefficient (Wildman–Crippen LogP) is 0.0813. The third-order valence-corrected chi connectivity index (χ3v) is 5.08. The van der Waals surface area contributed by atoms with Crippen LogP contribution in [0.25, 0.3) is 0 Å². The molecule has 5 nitrogen and oxygen atoms in total. The number of carbonyl (C=O) groups excluding carboxylic acids is 1. The molecular formula is C15H17NO4S. The molecule has 1 aliphatic rings. The van der Waals surface area contributed by atoms with Crippen molar-refractivity contribution in [3.63, 3.8) is 0 Å². The second-order valence-corrected chi connectivity index (χ2v) is 7.21. The highest BCUT2D eigenvalue weighted by molar-refractivity contribution is 7.91. The molecule has 2 rings (SSSR count). The Kier molecular flexibility index (Phi) is 4.99. The van der Waals surface area contributed by atoms with Crippen molar-refractivity contribution in [2.45, 2.75) is 13.0 Å². The SMILES string of the molecule is O=C(NCc1cccc(C#CCO)c1)C1CCS(=O)(=O)C1. The van der Waals surface area contributed by atoms with Crippen LogP contribution >= 0.6 is 0 Å². The van der Waals surface area contributed by atoms with Crippen molar-refractivity contribution < 1.29 is 18.3 Å². The van der Waals surface area contributed by atoms with Crippen molar-refractivity contribution in [2.24, 2.45) is 5.92 Å². The smallest absolute Gasteiger partial charge is 0.224 e. The molecule has 0 bridgehead atoms. The number of nitrogens with one attached hydrogen (secondary N) is 1. The summed E-state index contributed by atoms with van der Waals surface area (Å²) in [6, 6.07) is 7.32. The van der Waals surface area contributed by atoms with E-state index in [-0.39, 0.29) is 24.0 Å². The maximum Gasteiger partial charge on any atom is 0.224 e. The van der Waals surface area contributed by atoms with Crippen LogP contribution in [0, 0.1) is 17.8 Å². The number of rotatable bonds is 3. The number of aliphatic hydroxyl groups excluding tert-OH is 1. The Hall–Kier alpha value is -1.84. The summed E-state index contributed by atoms with van der Waals surface area (Å²) in [6.07, 6.45) is 0.399. The zero-order valence-electron chi connectivity index (χ0n) is 11.5. The molecule has 1 unspecified atom stereocenters. The Labute approximate surface area is 124 Å². The molecule has 1 atom stereocenters. The van der Waals surface area contributed by atoms with Gasteiger partial charge in [0.1, 0.15) is 6.61 Å². The van der Waals surface area contributed by atoms with Crippen LogP contribution in [0.5, 0.6) is 0 Å². The summed E-state index contributed by atoms with van der Waals surface area (Å²) in [6.45, 7) is 0.140. The summed E-state index contributed by atoms with van der Waals surface area (Å²) in [4.78, 5) is 11.9. The van der Waals surface area contributed by atoms with Gasteiger partial charge in [0.2, 0.25) is 5.91 Å². The normalized spacial score (nSPS) is 19.6. The number of hydrogen-bond donors (Lipinski definition) is 2. The van der Waals surface area contributed by atoms with Crippen LogP contribution < -0.4 is 5.32 Å². The van der Waals surface area contributed by atoms with Gasteiger partial charge in [0.25, 0.3) is 0 Å². The van der Waals surface area contributed by atoms with Crippen molar-refractivity contribution in [3.05, 3.63) is 35.4 Å². The van der Waals surface area contributed by atoms with E-state index in [1.165, 1.54) is 0 Å². The topological polar surface area (TPSA) is 83.5 Å². The van der Waals surface area contributed by atoms with E-state index in [9.17, 15) is 13.2 Å². The minimum absolute atomic E-state index is 0.0547. The largest absolute Gasteiger partial charge is 0.384 e. The molecule has 0 spiro atoms. The predicted molar refractivity (Wildman–Crippen MR) is 79.0 cm³/mol. The first-order valence-electron chi connectivity index (χ1n) is 6.67. The maximum absolute atomic E-state index is 11.9. The average Bonchev–Trinajstić information content (AvgIpc) is 2.83. The number of benzene rings is 1. The molecule has 1 heterocycles. The molecule has 112 valence electrons. The van der Waals surface area contributed by atoms with Crippen molar-refractivity contribution in [2.75, 3.05) is 18.1 Å². The van der Waals surface area contributed by atoms with Gasteiger partial charge < -0.3 is 10.4 Å². The number of aliphatic hydroxyl groups is 1. The minimum Gasteiger partial charge on any atom is -0.384 e. The molecule has 0 saturated carbocycles. The van der Waals surface area contributed by atoms with Gasteiger partial charge >= 0.3 is 0 Å². The summed E-state index contributed by atoms with van der Waals surface area (Å²) in [5.74, 6) is 4.74. The minimum atomic E-state index is -3.04. The molecular weight excluding hydrogens is 290 g/mol. The molecule has 1 aromatic rings. The lowest BCUT2D eigenvalue weighted by molar-refractivity contribution is -0.124. The first-order valence-corrected chi connectivity index (χ1v) is 8.49. The standard InChI is InChI=1S/C15H17NO4S/c17-7-2-5-12-3-1-4-13(9-12)10-16-15(18)14-6-8-21(19,20)11-14/h1,3-4,9,14,17H,6-8,10-11H2,(H,16,18). The average molecular weight is 307 g/mol. The van der Waals surface area contributed by atoms with Crippen LogP contribution in [0.2, 0.25) is 0 Å². The lowest BCUT2D eigenvalue weighted by atomic mass is 10.1. The van der Waals surface area contributed by atoms with Gasteiger partial charge in [-0.2, -0.15) is 0 Å². The Morgan fingerprint density at radius 2 is 2.24 bits per heavy atom. The zero-order chi connectivity index (χ0) is 15.3. The number of carbonyl (C=O) groups is 1. The Bertz CT molecular complexity index is 685. The molecule has 1 aliphatic heterocycles. The number of amides is 1. The van der Waals surface area contributed by atoms with Crippen molar-refractivity contribution in [1.29, 1.82) is 0 Å². The summed E-state index contributed by atoms with van der Waals surface area (Å²) >= 11 is 0. The fraction of sp³-hybridized carbons (Fsp3) is 0.400. The van der Waals surface area contributed by atoms with Gasteiger partial charge in [-0.05, 0) is 24.1 Å². The van der Waals surface area contributed by atoms with Crippen molar-refractivity contribution in [3.8, 4) is 11.8 Å². The van der Waals surface area contributed by atoms with E-state index in [0.717, 1.165) is 11.1 Å². The van der Waals surface area contributed by atoms with E-state index >= 15 is 0 Å². The van der Waals surface area contributed by atoms with Crippen molar-refractivity contribution in [1.82, 2.24) is 5.32 Å². The third-order valence-electron chi connectivity index (χ3n) is 3.31. The fourth-order valence-corrected chi connectivity index (χ4v) is 3.98. The van der Waals surface area contributed by atoms with Gasteiger partial charge in [0.05, 0.1) is 17.4 Å². The fourth-order valence-electron chi connectivity index (χ4n) is 2.24. The first-order chi connectivity index (χ1) is 10.00. The van der Waals surface area contributed by atoms with E-state index in [2.05, 4.69) is 17.2 Å². The van der Waals surface area contributed by atoms with Crippen LogP contribution in [-0.4, -0.2) is 37.5 Å². The highest BCUT2D eigenvalue weighted by atomic mass is 32.2. The van der Waals surface area contributed by atoms with E-state index in [0.29, 0.717) is 13.0 Å². The highest BCUT2D eigenvalue weighted by Crippen LogP contribution is 2.18. The first kappa shape index (κ1) is 15.5. The van der Waals surface area contributed by atoms with Crippen molar-refractivity contribution >= 4 is 15.7 Å². The summed E-state index contributed by atoms with van der Waals surface area (Å²) in [5, 5.41) is 11.4. The lowest BCUT2D eigenvalue weighted by Gasteiger charge is -2.09. The van der Waals surface area contributed by atoms with Crippen LogP contribution in [0.15, 0.2) is 24.3 Å². The maximum atomic E-state index is 11.9. The quantitative estimate of drug-likeness (QED) is 0.775. The molecule has 1 aromatic carbocycles. The monoisotopic (exact) mass is 307 g/mol. The molecule has 0 aliphatic carbocycles. The molecule has 6 heteroatoms. The molecule has 0 aromatic heterocycles. The van der Waals surface area contributed by atoms with Gasteiger partial charge in [-0.3, -0.25) is 4.79 Å². The van der Waals surface area contributed by atoms with Gasteiger partial charge in [0.15, 0.2) is 9.84 Å². The second-order valence-electron chi connectivity index (χ2n) is 4.98. The van der Waals surface area contributed by atoms with Crippen LogP contribution in [0.3, 0.4) is 0 Å². The van der Waals surface area contributed by atoms with E-state index in [1.54, 1.807) is 0 Å². The Balaban J connectivity index is 1.92. The summed E-state index contributed by atoms with van der Waals surface area (Å²) < 4.78 is 22.7. The van der Waals surface area contributed by atoms with E-state index in [4.69, 9.17) is 5.11 Å². The highest BCUT2D eigenvalue weighted by Gasteiger charge is 2.32. The van der Waals surface area contributed by atoms with Crippen LogP contribution in [-0.2, 0) is 21.2 Å². The van der Waals surface area contributed by atoms with E-state index < -0.39 is 15.8 Å². The molecule has 1 saturated heterocycles. The van der Waals surface area contributed by atoms with Gasteiger partial charge in [-0.25, -0.2) is 8.42 Å². The van der Waals surface area contributed by atoms with Crippen LogP contribution in [0.1, 0.15) is 17.5 Å². The van der Waals surface area contributed by atoms with Crippen LogP contribution in [0.4, 0.5) is 0 Å². The number of sulfone groups is 1. The number of hydrogen-bond acceptors (Lipinski definition) is 4. The Morgan fingerprint density at radius 1 is 1.43 bits per heavy atom. The summed E-state index contributed by atoms with van der Waals surface area (Å²) in [5.41, 5.74) is 1.65. The second kappa shape index (κ2) is 6.74. The molecule has 2 N–H and O–H groups in total. The lowest BCUT2D eigenvalue weighted by Crippen LogP contribution is -2.30. The zero-order valence-corrected chi connectivity index (χ0v) is 12.3. The molecule has 1 fully saturated rings. The summed E-state index contributed by atoms with van der Waals surface area (Å²) in [7, 11) is -3.04. The van der Waals surface area contributed by atoms with Gasteiger partial charge in [-0.15, -0.1) is 0 Å². The third kappa shape index (κ3) is 4.59. The van der Waals surface area contributed by atoms with E-state index in [1.807, 2.05) is 24.3 Å². The van der Waals surface area contributed by atoms with Gasteiger partial charge in [-0.1, -0.05) is 24.0 Å². The molecule has 21 heavy (non-hydrogen) atoms. The van der Waals surface area contributed by atoms with Gasteiger partial charge in [0, 0.05) is 12.1 Å².